The first-order valence-electron chi connectivity index (χ1n) is 9.83. The van der Waals surface area contributed by atoms with Crippen LogP contribution in [0.4, 0.5) is 5.82 Å². The van der Waals surface area contributed by atoms with Crippen molar-refractivity contribution in [2.75, 3.05) is 4.90 Å². The zero-order valence-corrected chi connectivity index (χ0v) is 15.8. The van der Waals surface area contributed by atoms with Crippen LogP contribution in [0.15, 0.2) is 97.2 Å². The molecule has 0 unspecified atom stereocenters. The van der Waals surface area contributed by atoms with E-state index in [1.54, 1.807) is 24.4 Å². The minimum atomic E-state index is -0.442. The molecule has 0 radical (unpaired) electrons. The molecule has 0 bridgehead atoms. The Morgan fingerprint density at radius 3 is 1.55 bits per heavy atom. The van der Waals surface area contributed by atoms with Crippen molar-refractivity contribution in [2.24, 2.45) is 11.8 Å². The van der Waals surface area contributed by atoms with Gasteiger partial charge in [0.05, 0.1) is 11.8 Å². The molecular weight excluding hydrogens is 360 g/mol. The van der Waals surface area contributed by atoms with Gasteiger partial charge in [0.2, 0.25) is 11.8 Å². The Bertz CT molecular complexity index is 996. The van der Waals surface area contributed by atoms with E-state index in [2.05, 4.69) is 17.1 Å². The van der Waals surface area contributed by atoms with Gasteiger partial charge >= 0.3 is 0 Å². The standard InChI is InChI=1S/C25H20N2O2/c28-24-22-19(17-9-3-1-4-10-17)14-15-20(18-11-5-2-6-12-18)23(22)25(29)27(24)21-13-7-8-16-26-21/h1-16,19-20,22-23H/t19-,20-,22-,23+/m0/s1. The van der Waals surface area contributed by atoms with Crippen molar-refractivity contribution in [1.82, 2.24) is 4.98 Å². The van der Waals surface area contributed by atoms with Gasteiger partial charge in [0.1, 0.15) is 5.82 Å². The lowest BCUT2D eigenvalue weighted by Crippen LogP contribution is -2.32. The summed E-state index contributed by atoms with van der Waals surface area (Å²) in [5.74, 6) is -1.09. The van der Waals surface area contributed by atoms with E-state index in [4.69, 9.17) is 0 Å². The van der Waals surface area contributed by atoms with E-state index < -0.39 is 11.8 Å². The van der Waals surface area contributed by atoms with Crippen LogP contribution in [0.2, 0.25) is 0 Å². The molecule has 29 heavy (non-hydrogen) atoms. The van der Waals surface area contributed by atoms with Crippen molar-refractivity contribution in [2.45, 2.75) is 11.8 Å². The van der Waals surface area contributed by atoms with Crippen LogP contribution in [0, 0.1) is 11.8 Å². The fourth-order valence-electron chi connectivity index (χ4n) is 4.65. The molecule has 1 aromatic heterocycles. The van der Waals surface area contributed by atoms with Crippen molar-refractivity contribution in [3.05, 3.63) is 108 Å². The quantitative estimate of drug-likeness (QED) is 0.502. The fourth-order valence-corrected chi connectivity index (χ4v) is 4.65. The summed E-state index contributed by atoms with van der Waals surface area (Å²) in [5.41, 5.74) is 2.10. The number of imide groups is 1. The normalized spacial score (nSPS) is 25.9. The number of allylic oxidation sites excluding steroid dienone is 2. The summed E-state index contributed by atoms with van der Waals surface area (Å²) >= 11 is 0. The molecule has 0 spiro atoms. The summed E-state index contributed by atoms with van der Waals surface area (Å²) in [4.78, 5) is 32.6. The molecule has 5 rings (SSSR count). The van der Waals surface area contributed by atoms with Gasteiger partial charge in [-0.3, -0.25) is 9.59 Å². The van der Waals surface area contributed by atoms with Gasteiger partial charge in [-0.05, 0) is 23.3 Å². The van der Waals surface area contributed by atoms with Crippen molar-refractivity contribution >= 4 is 17.6 Å². The summed E-state index contributed by atoms with van der Waals surface area (Å²) in [7, 11) is 0. The first-order valence-corrected chi connectivity index (χ1v) is 9.83. The number of hydrogen-bond acceptors (Lipinski definition) is 3. The second-order valence-electron chi connectivity index (χ2n) is 7.51. The minimum absolute atomic E-state index is 0.133. The summed E-state index contributed by atoms with van der Waals surface area (Å²) in [6.07, 6.45) is 5.81. The number of pyridine rings is 1. The first kappa shape index (κ1) is 17.6. The average molecular weight is 380 g/mol. The molecule has 1 saturated heterocycles. The minimum Gasteiger partial charge on any atom is -0.274 e. The van der Waals surface area contributed by atoms with Crippen LogP contribution < -0.4 is 4.90 Å². The molecule has 4 heteroatoms. The van der Waals surface area contributed by atoms with Crippen molar-refractivity contribution < 1.29 is 9.59 Å². The number of carbonyl (C=O) groups is 2. The number of carbonyl (C=O) groups excluding carboxylic acids is 2. The Labute approximate surface area is 169 Å². The van der Waals surface area contributed by atoms with Gasteiger partial charge in [-0.15, -0.1) is 0 Å². The van der Waals surface area contributed by atoms with E-state index in [1.807, 2.05) is 60.7 Å². The van der Waals surface area contributed by atoms with E-state index in [-0.39, 0.29) is 23.7 Å². The molecule has 1 aliphatic heterocycles. The summed E-state index contributed by atoms with van der Waals surface area (Å²) < 4.78 is 0. The van der Waals surface area contributed by atoms with Gasteiger partial charge in [0, 0.05) is 18.0 Å². The summed E-state index contributed by atoms with van der Waals surface area (Å²) in [6.45, 7) is 0. The molecule has 142 valence electrons. The molecular formula is C25H20N2O2. The molecule has 4 atom stereocenters. The van der Waals surface area contributed by atoms with Crippen LogP contribution >= 0.6 is 0 Å². The van der Waals surface area contributed by atoms with Gasteiger partial charge in [0.25, 0.3) is 0 Å². The van der Waals surface area contributed by atoms with Crippen molar-refractivity contribution in [3.8, 4) is 0 Å². The smallest absolute Gasteiger partial charge is 0.239 e. The molecule has 3 aromatic rings. The predicted octanol–water partition coefficient (Wildman–Crippen LogP) is 4.32. The molecule has 0 N–H and O–H groups in total. The van der Waals surface area contributed by atoms with Gasteiger partial charge in [-0.2, -0.15) is 0 Å². The van der Waals surface area contributed by atoms with E-state index in [9.17, 15) is 9.59 Å². The molecule has 0 saturated carbocycles. The van der Waals surface area contributed by atoms with Crippen LogP contribution in [0.1, 0.15) is 23.0 Å². The Kier molecular flexibility index (Phi) is 4.32. The molecule has 1 aliphatic carbocycles. The second kappa shape index (κ2) is 7.13. The predicted molar refractivity (Wildman–Crippen MR) is 111 cm³/mol. The Hall–Kier alpha value is -3.53. The lowest BCUT2D eigenvalue weighted by Gasteiger charge is -2.32. The molecule has 2 amide bonds. The third-order valence-electron chi connectivity index (χ3n) is 5.94. The molecule has 1 fully saturated rings. The average Bonchev–Trinajstić information content (AvgIpc) is 3.06. The lowest BCUT2D eigenvalue weighted by atomic mass is 9.68. The SMILES string of the molecule is O=C1[C@@H]2[C@H](C(=O)N1c1ccccn1)[C@H](c1ccccc1)C=C[C@H]2c1ccccc1. The van der Waals surface area contributed by atoms with Crippen LogP contribution in [0.3, 0.4) is 0 Å². The monoisotopic (exact) mass is 380 g/mol. The summed E-state index contributed by atoms with van der Waals surface area (Å²) in [5, 5.41) is 0. The van der Waals surface area contributed by atoms with Crippen LogP contribution in [0.5, 0.6) is 0 Å². The topological polar surface area (TPSA) is 50.3 Å². The number of amides is 2. The number of anilines is 1. The van der Waals surface area contributed by atoms with E-state index in [0.717, 1.165) is 11.1 Å². The largest absolute Gasteiger partial charge is 0.274 e. The molecule has 2 aliphatic rings. The zero-order chi connectivity index (χ0) is 19.8. The van der Waals surface area contributed by atoms with Crippen LogP contribution in [-0.2, 0) is 9.59 Å². The number of rotatable bonds is 3. The van der Waals surface area contributed by atoms with E-state index >= 15 is 0 Å². The van der Waals surface area contributed by atoms with Gasteiger partial charge < -0.3 is 0 Å². The number of benzene rings is 2. The maximum Gasteiger partial charge on any atom is 0.239 e. The Morgan fingerprint density at radius 2 is 1.10 bits per heavy atom. The third-order valence-corrected chi connectivity index (χ3v) is 5.94. The Morgan fingerprint density at radius 1 is 0.621 bits per heavy atom. The fraction of sp³-hybridized carbons (Fsp3) is 0.160. The molecule has 4 nitrogen and oxygen atoms in total. The highest BCUT2D eigenvalue weighted by Gasteiger charge is 2.55. The van der Waals surface area contributed by atoms with Crippen LogP contribution in [0.25, 0.3) is 0 Å². The van der Waals surface area contributed by atoms with Crippen molar-refractivity contribution in [3.63, 3.8) is 0 Å². The zero-order valence-electron chi connectivity index (χ0n) is 15.8. The van der Waals surface area contributed by atoms with E-state index in [1.165, 1.54) is 4.90 Å². The lowest BCUT2D eigenvalue weighted by molar-refractivity contribution is -0.122. The summed E-state index contributed by atoms with van der Waals surface area (Å²) in [6, 6.07) is 25.2. The highest BCUT2D eigenvalue weighted by molar-refractivity contribution is 6.22. The van der Waals surface area contributed by atoms with Gasteiger partial charge in [-0.25, -0.2) is 9.88 Å². The van der Waals surface area contributed by atoms with Gasteiger partial charge in [-0.1, -0.05) is 78.9 Å². The molecule has 2 heterocycles. The van der Waals surface area contributed by atoms with Crippen molar-refractivity contribution in [1.29, 1.82) is 0 Å². The second-order valence-corrected chi connectivity index (χ2v) is 7.51. The maximum atomic E-state index is 13.5. The number of nitrogens with zero attached hydrogens (tertiary/aromatic N) is 2. The maximum absolute atomic E-state index is 13.5. The number of fused-ring (bicyclic) bond motifs is 1. The highest BCUT2D eigenvalue weighted by atomic mass is 16.2. The molecule has 2 aromatic carbocycles. The Balaban J connectivity index is 1.64. The van der Waals surface area contributed by atoms with E-state index in [0.29, 0.717) is 5.82 Å². The third kappa shape index (κ3) is 2.88. The highest BCUT2D eigenvalue weighted by Crippen LogP contribution is 2.49. The van der Waals surface area contributed by atoms with Crippen LogP contribution in [-0.4, -0.2) is 16.8 Å². The number of hydrogen-bond donors (Lipinski definition) is 0. The number of aromatic nitrogens is 1. The van der Waals surface area contributed by atoms with Gasteiger partial charge in [0.15, 0.2) is 0 Å². The first-order chi connectivity index (χ1) is 14.3.